The third-order valence-electron chi connectivity index (χ3n) is 4.71. The van der Waals surface area contributed by atoms with E-state index < -0.39 is 0 Å². The van der Waals surface area contributed by atoms with E-state index in [1.807, 2.05) is 19.1 Å². The number of halogens is 1. The molecular weight excluding hydrogens is 369 g/mol. The molecule has 7 heteroatoms. The molecule has 29 heavy (non-hydrogen) atoms. The van der Waals surface area contributed by atoms with Gasteiger partial charge in [0, 0.05) is 36.3 Å². The smallest absolute Gasteiger partial charge is 0.251 e. The Balaban J connectivity index is 1.66. The average Bonchev–Trinajstić information content (AvgIpc) is 3.13. The standard InChI is InChI=1S/C22H20FN5O/c1-14-12-26-28-20(25-13-15-7-9-16(10-8-15)22(29)24-2)11-19(27-21(14)28)17-5-3-4-6-18(17)23/h3-12,25H,13H2,1-2H3,(H,24,29). The molecule has 1 amide bonds. The van der Waals surface area contributed by atoms with Crippen LogP contribution in [0.2, 0.25) is 0 Å². The Kier molecular flexibility index (Phi) is 4.95. The van der Waals surface area contributed by atoms with E-state index >= 15 is 0 Å². The Bertz CT molecular complexity index is 1180. The summed E-state index contributed by atoms with van der Waals surface area (Å²) >= 11 is 0. The normalized spacial score (nSPS) is 10.9. The minimum absolute atomic E-state index is 0.123. The number of benzene rings is 2. The summed E-state index contributed by atoms with van der Waals surface area (Å²) in [7, 11) is 1.60. The minimum atomic E-state index is -0.322. The zero-order chi connectivity index (χ0) is 20.4. The van der Waals surface area contributed by atoms with Crippen molar-refractivity contribution < 1.29 is 9.18 Å². The predicted octanol–water partition coefficient (Wildman–Crippen LogP) is 3.82. The van der Waals surface area contributed by atoms with Crippen LogP contribution in [0.5, 0.6) is 0 Å². The Labute approximate surface area is 167 Å². The fraction of sp³-hybridized carbons (Fsp3) is 0.136. The zero-order valence-electron chi connectivity index (χ0n) is 16.1. The number of carbonyl (C=O) groups excluding carboxylic acids is 1. The van der Waals surface area contributed by atoms with Gasteiger partial charge in [-0.2, -0.15) is 9.61 Å². The summed E-state index contributed by atoms with van der Waals surface area (Å²) in [6, 6.07) is 15.7. The van der Waals surface area contributed by atoms with Gasteiger partial charge in [-0.25, -0.2) is 9.37 Å². The van der Waals surface area contributed by atoms with E-state index in [0.717, 1.165) is 11.1 Å². The van der Waals surface area contributed by atoms with Crippen LogP contribution in [0.1, 0.15) is 21.5 Å². The van der Waals surface area contributed by atoms with Crippen LogP contribution in [-0.4, -0.2) is 27.6 Å². The topological polar surface area (TPSA) is 71.3 Å². The number of aromatic nitrogens is 3. The van der Waals surface area contributed by atoms with E-state index in [9.17, 15) is 9.18 Å². The number of anilines is 1. The summed E-state index contributed by atoms with van der Waals surface area (Å²) in [6.07, 6.45) is 1.73. The van der Waals surface area contributed by atoms with E-state index in [1.54, 1.807) is 54.2 Å². The van der Waals surface area contributed by atoms with Gasteiger partial charge in [0.2, 0.25) is 0 Å². The van der Waals surface area contributed by atoms with Crippen LogP contribution in [0, 0.1) is 12.7 Å². The van der Waals surface area contributed by atoms with Gasteiger partial charge in [-0.05, 0) is 36.8 Å². The third kappa shape index (κ3) is 3.67. The van der Waals surface area contributed by atoms with E-state index in [2.05, 4.69) is 20.7 Å². The molecule has 0 spiro atoms. The summed E-state index contributed by atoms with van der Waals surface area (Å²) in [6.45, 7) is 2.44. The number of aryl methyl sites for hydroxylation is 1. The minimum Gasteiger partial charge on any atom is -0.366 e. The van der Waals surface area contributed by atoms with Crippen LogP contribution in [0.25, 0.3) is 16.9 Å². The molecule has 4 aromatic rings. The second-order valence-corrected chi connectivity index (χ2v) is 6.70. The molecule has 2 heterocycles. The summed E-state index contributed by atoms with van der Waals surface area (Å²) in [5, 5.41) is 10.3. The Morgan fingerprint density at radius 3 is 2.62 bits per heavy atom. The summed E-state index contributed by atoms with van der Waals surface area (Å²) in [5.74, 6) is 0.260. The number of carbonyl (C=O) groups is 1. The number of nitrogens with zero attached hydrogens (tertiary/aromatic N) is 3. The maximum atomic E-state index is 14.3. The highest BCUT2D eigenvalue weighted by atomic mass is 19.1. The van der Waals surface area contributed by atoms with Crippen LogP contribution in [0.3, 0.4) is 0 Å². The maximum Gasteiger partial charge on any atom is 0.251 e. The molecule has 0 aliphatic rings. The van der Waals surface area contributed by atoms with Gasteiger partial charge in [-0.1, -0.05) is 24.3 Å². The van der Waals surface area contributed by atoms with Crippen molar-refractivity contribution in [3.63, 3.8) is 0 Å². The van der Waals surface area contributed by atoms with Gasteiger partial charge in [0.1, 0.15) is 11.6 Å². The quantitative estimate of drug-likeness (QED) is 0.544. The molecule has 6 nitrogen and oxygen atoms in total. The van der Waals surface area contributed by atoms with Crippen molar-refractivity contribution in [2.75, 3.05) is 12.4 Å². The van der Waals surface area contributed by atoms with Crippen molar-refractivity contribution in [1.82, 2.24) is 19.9 Å². The Hall–Kier alpha value is -3.74. The second-order valence-electron chi connectivity index (χ2n) is 6.70. The van der Waals surface area contributed by atoms with Crippen molar-refractivity contribution in [1.29, 1.82) is 0 Å². The molecule has 0 aliphatic carbocycles. The molecule has 0 aliphatic heterocycles. The first-order valence-corrected chi connectivity index (χ1v) is 9.22. The summed E-state index contributed by atoms with van der Waals surface area (Å²) < 4.78 is 16.0. The van der Waals surface area contributed by atoms with Crippen LogP contribution in [0.4, 0.5) is 10.2 Å². The Morgan fingerprint density at radius 1 is 1.14 bits per heavy atom. The molecule has 2 aromatic carbocycles. The molecule has 4 rings (SSSR count). The van der Waals surface area contributed by atoms with E-state index in [0.29, 0.717) is 34.8 Å². The van der Waals surface area contributed by atoms with Gasteiger partial charge in [-0.15, -0.1) is 0 Å². The first kappa shape index (κ1) is 18.6. The Morgan fingerprint density at radius 2 is 1.90 bits per heavy atom. The molecule has 0 fully saturated rings. The first-order chi connectivity index (χ1) is 14.1. The van der Waals surface area contributed by atoms with Crippen molar-refractivity contribution in [3.8, 4) is 11.3 Å². The predicted molar refractivity (Wildman–Crippen MR) is 110 cm³/mol. The number of amides is 1. The van der Waals surface area contributed by atoms with Gasteiger partial charge in [0.05, 0.1) is 11.9 Å². The van der Waals surface area contributed by atoms with E-state index in [-0.39, 0.29) is 11.7 Å². The molecule has 0 atom stereocenters. The van der Waals surface area contributed by atoms with Crippen molar-refractivity contribution in [2.24, 2.45) is 0 Å². The van der Waals surface area contributed by atoms with Gasteiger partial charge in [0.25, 0.3) is 5.91 Å². The van der Waals surface area contributed by atoms with Crippen LogP contribution < -0.4 is 10.6 Å². The number of hydrogen-bond donors (Lipinski definition) is 2. The maximum absolute atomic E-state index is 14.3. The van der Waals surface area contributed by atoms with Gasteiger partial charge >= 0.3 is 0 Å². The molecule has 146 valence electrons. The molecule has 0 bridgehead atoms. The van der Waals surface area contributed by atoms with Gasteiger partial charge in [0.15, 0.2) is 5.65 Å². The van der Waals surface area contributed by atoms with Crippen molar-refractivity contribution >= 4 is 17.4 Å². The summed E-state index contributed by atoms with van der Waals surface area (Å²) in [4.78, 5) is 16.3. The lowest BCUT2D eigenvalue weighted by molar-refractivity contribution is 0.0963. The van der Waals surface area contributed by atoms with Crippen molar-refractivity contribution in [2.45, 2.75) is 13.5 Å². The van der Waals surface area contributed by atoms with Crippen LogP contribution >= 0.6 is 0 Å². The highest BCUT2D eigenvalue weighted by molar-refractivity contribution is 5.93. The van der Waals surface area contributed by atoms with E-state index in [1.165, 1.54) is 6.07 Å². The molecule has 0 saturated carbocycles. The zero-order valence-corrected chi connectivity index (χ0v) is 16.1. The summed E-state index contributed by atoms with van der Waals surface area (Å²) in [5.41, 5.74) is 4.15. The molecule has 2 N–H and O–H groups in total. The second kappa shape index (κ2) is 7.71. The van der Waals surface area contributed by atoms with Crippen LogP contribution in [-0.2, 0) is 6.54 Å². The first-order valence-electron chi connectivity index (χ1n) is 9.22. The van der Waals surface area contributed by atoms with Crippen LogP contribution in [0.15, 0.2) is 60.8 Å². The molecule has 0 unspecified atom stereocenters. The fourth-order valence-electron chi connectivity index (χ4n) is 3.12. The van der Waals surface area contributed by atoms with E-state index in [4.69, 9.17) is 0 Å². The lowest BCUT2D eigenvalue weighted by atomic mass is 10.1. The monoisotopic (exact) mass is 389 g/mol. The average molecular weight is 389 g/mol. The lowest BCUT2D eigenvalue weighted by Crippen LogP contribution is -2.17. The number of fused-ring (bicyclic) bond motifs is 1. The fourth-order valence-corrected chi connectivity index (χ4v) is 3.12. The van der Waals surface area contributed by atoms with Gasteiger partial charge in [-0.3, -0.25) is 4.79 Å². The molecular formula is C22H20FN5O. The number of hydrogen-bond acceptors (Lipinski definition) is 4. The van der Waals surface area contributed by atoms with Gasteiger partial charge < -0.3 is 10.6 Å². The highest BCUT2D eigenvalue weighted by Gasteiger charge is 2.13. The SMILES string of the molecule is CNC(=O)c1ccc(CNc2cc(-c3ccccc3F)nc3c(C)cnn23)cc1. The lowest BCUT2D eigenvalue weighted by Gasteiger charge is -2.12. The number of rotatable bonds is 5. The molecule has 0 radical (unpaired) electrons. The van der Waals surface area contributed by atoms with Crippen molar-refractivity contribution in [3.05, 3.63) is 83.3 Å². The number of nitrogens with one attached hydrogen (secondary N) is 2. The largest absolute Gasteiger partial charge is 0.366 e. The molecule has 0 saturated heterocycles. The molecule has 2 aromatic heterocycles. The third-order valence-corrected chi connectivity index (χ3v) is 4.71. The highest BCUT2D eigenvalue weighted by Crippen LogP contribution is 2.26.